The van der Waals surface area contributed by atoms with E-state index in [0.29, 0.717) is 17.0 Å². The molecule has 0 saturated heterocycles. The van der Waals surface area contributed by atoms with Crippen LogP contribution in [-0.4, -0.2) is 26.0 Å². The molecule has 0 unspecified atom stereocenters. The van der Waals surface area contributed by atoms with Gasteiger partial charge < -0.3 is 20.1 Å². The average molecular weight is 404 g/mol. The minimum atomic E-state index is -1.01. The summed E-state index contributed by atoms with van der Waals surface area (Å²) in [5.74, 6) is -1.01. The Bertz CT molecular complexity index is 1390. The van der Waals surface area contributed by atoms with E-state index in [0.717, 1.165) is 44.2 Å². The second kappa shape index (κ2) is 6.57. The average Bonchev–Trinajstić information content (AvgIpc) is 3.44. The number of benzene rings is 2. The lowest BCUT2D eigenvalue weighted by atomic mass is 9.93. The molecule has 6 heteroatoms. The predicted octanol–water partition coefficient (Wildman–Crippen LogP) is 6.23. The van der Waals surface area contributed by atoms with Crippen molar-refractivity contribution in [1.82, 2.24) is 15.0 Å². The van der Waals surface area contributed by atoms with Gasteiger partial charge in [-0.1, -0.05) is 30.7 Å². The molecule has 5 nitrogen and oxygen atoms in total. The third kappa shape index (κ3) is 2.58. The summed E-state index contributed by atoms with van der Waals surface area (Å²) >= 11 is 6.61. The highest BCUT2D eigenvalue weighted by molar-refractivity contribution is 6.35. The van der Waals surface area contributed by atoms with E-state index >= 15 is 0 Å². The molecule has 0 amide bonds. The monoisotopic (exact) mass is 403 g/mol. The van der Waals surface area contributed by atoms with Crippen LogP contribution in [0.2, 0.25) is 5.02 Å². The van der Waals surface area contributed by atoms with E-state index in [2.05, 4.69) is 15.0 Å². The second-order valence-electron chi connectivity index (χ2n) is 6.99. The number of aromatic nitrogens is 3. The Morgan fingerprint density at radius 3 is 2.41 bits per heavy atom. The number of aromatic carboxylic acids is 1. The fourth-order valence-corrected chi connectivity index (χ4v) is 4.48. The highest BCUT2D eigenvalue weighted by Gasteiger charge is 2.26. The predicted molar refractivity (Wildman–Crippen MR) is 117 cm³/mol. The van der Waals surface area contributed by atoms with Gasteiger partial charge in [0.1, 0.15) is 5.69 Å². The van der Waals surface area contributed by atoms with Crippen molar-refractivity contribution in [2.45, 2.75) is 13.3 Å². The van der Waals surface area contributed by atoms with Crippen molar-refractivity contribution in [3.05, 3.63) is 71.1 Å². The van der Waals surface area contributed by atoms with Gasteiger partial charge in [-0.3, -0.25) is 0 Å². The number of carboxylic acid groups (broad SMARTS) is 1. The molecule has 4 N–H and O–H groups in total. The largest absolute Gasteiger partial charge is 0.477 e. The van der Waals surface area contributed by atoms with Crippen molar-refractivity contribution in [3.63, 3.8) is 0 Å². The first-order valence-electron chi connectivity index (χ1n) is 9.40. The molecule has 29 heavy (non-hydrogen) atoms. The van der Waals surface area contributed by atoms with Crippen LogP contribution in [0.25, 0.3) is 44.2 Å². The van der Waals surface area contributed by atoms with Crippen LogP contribution in [0, 0.1) is 0 Å². The van der Waals surface area contributed by atoms with Crippen LogP contribution in [0.1, 0.15) is 23.0 Å². The smallest absolute Gasteiger partial charge is 0.352 e. The molecule has 0 atom stereocenters. The molecular weight excluding hydrogens is 386 g/mol. The number of aromatic amines is 3. The zero-order valence-corrected chi connectivity index (χ0v) is 16.4. The first-order chi connectivity index (χ1) is 14.1. The van der Waals surface area contributed by atoms with Crippen molar-refractivity contribution in [2.24, 2.45) is 0 Å². The zero-order chi connectivity index (χ0) is 20.1. The van der Waals surface area contributed by atoms with Crippen LogP contribution in [-0.2, 0) is 6.42 Å². The number of fused-ring (bicyclic) bond motifs is 2. The van der Waals surface area contributed by atoms with Crippen molar-refractivity contribution < 1.29 is 9.90 Å². The maximum atomic E-state index is 12.2. The van der Waals surface area contributed by atoms with Gasteiger partial charge in [-0.05, 0) is 42.3 Å². The summed E-state index contributed by atoms with van der Waals surface area (Å²) in [6, 6.07) is 13.6. The SMILES string of the molecule is CCc1c(-c2cccc3[nH]ccc23)[nH]c(C(=O)O)c1-c1c(Cl)ccc2[nH]ccc12. The van der Waals surface area contributed by atoms with Crippen LogP contribution in [0.3, 0.4) is 0 Å². The molecule has 0 aliphatic carbocycles. The molecule has 3 aromatic heterocycles. The Morgan fingerprint density at radius 1 is 0.966 bits per heavy atom. The van der Waals surface area contributed by atoms with E-state index in [1.807, 2.05) is 55.7 Å². The van der Waals surface area contributed by atoms with Gasteiger partial charge in [0.25, 0.3) is 0 Å². The topological polar surface area (TPSA) is 84.7 Å². The summed E-state index contributed by atoms with van der Waals surface area (Å²) in [6.07, 6.45) is 4.39. The van der Waals surface area contributed by atoms with Crippen molar-refractivity contribution in [2.75, 3.05) is 0 Å². The van der Waals surface area contributed by atoms with Crippen LogP contribution in [0.5, 0.6) is 0 Å². The van der Waals surface area contributed by atoms with E-state index < -0.39 is 5.97 Å². The highest BCUT2D eigenvalue weighted by Crippen LogP contribution is 2.43. The summed E-state index contributed by atoms with van der Waals surface area (Å²) in [7, 11) is 0. The molecule has 0 spiro atoms. The lowest BCUT2D eigenvalue weighted by molar-refractivity contribution is 0.0692. The number of carbonyl (C=O) groups is 1. The molecule has 0 aliphatic heterocycles. The standard InChI is InChI=1S/C23H18ClN3O2/c1-2-12-20(19-15-9-11-26-18(15)7-6-16(19)24)22(23(28)29)27-21(12)14-4-3-5-17-13(14)8-10-25-17/h3-11,25-27H,2H2,1H3,(H,28,29). The number of hydrogen-bond acceptors (Lipinski definition) is 1. The highest BCUT2D eigenvalue weighted by atomic mass is 35.5. The van der Waals surface area contributed by atoms with E-state index in [4.69, 9.17) is 11.6 Å². The number of rotatable bonds is 4. The lowest BCUT2D eigenvalue weighted by Gasteiger charge is -2.10. The summed E-state index contributed by atoms with van der Waals surface area (Å²) in [5.41, 5.74) is 6.18. The molecule has 2 aromatic carbocycles. The van der Waals surface area contributed by atoms with Crippen LogP contribution in [0.15, 0.2) is 54.9 Å². The summed E-state index contributed by atoms with van der Waals surface area (Å²) in [4.78, 5) is 21.8. The quantitative estimate of drug-likeness (QED) is 0.287. The Balaban J connectivity index is 1.90. The van der Waals surface area contributed by atoms with Crippen molar-refractivity contribution >= 4 is 39.4 Å². The van der Waals surface area contributed by atoms with Gasteiger partial charge in [-0.2, -0.15) is 0 Å². The fourth-order valence-electron chi connectivity index (χ4n) is 4.22. The van der Waals surface area contributed by atoms with Gasteiger partial charge >= 0.3 is 5.97 Å². The molecule has 3 heterocycles. The Morgan fingerprint density at radius 2 is 1.69 bits per heavy atom. The summed E-state index contributed by atoms with van der Waals surface area (Å²) < 4.78 is 0. The molecule has 0 bridgehead atoms. The second-order valence-corrected chi connectivity index (χ2v) is 7.40. The molecule has 0 saturated carbocycles. The molecular formula is C23H18ClN3O2. The van der Waals surface area contributed by atoms with Crippen LogP contribution in [0.4, 0.5) is 0 Å². The summed E-state index contributed by atoms with van der Waals surface area (Å²) in [5, 5.41) is 12.5. The Hall–Kier alpha value is -3.44. The number of nitrogens with one attached hydrogen (secondary N) is 3. The molecule has 144 valence electrons. The van der Waals surface area contributed by atoms with Gasteiger partial charge in [0, 0.05) is 55.9 Å². The number of H-pyrrole nitrogens is 3. The van der Waals surface area contributed by atoms with E-state index in [-0.39, 0.29) is 5.69 Å². The van der Waals surface area contributed by atoms with Gasteiger partial charge in [0.15, 0.2) is 0 Å². The van der Waals surface area contributed by atoms with Crippen LogP contribution < -0.4 is 0 Å². The molecule has 5 aromatic rings. The normalized spacial score (nSPS) is 11.5. The third-order valence-corrected chi connectivity index (χ3v) is 5.78. The Labute approximate surface area is 171 Å². The van der Waals surface area contributed by atoms with E-state index in [1.165, 1.54) is 0 Å². The van der Waals surface area contributed by atoms with Gasteiger partial charge in [0.05, 0.1) is 5.69 Å². The Kier molecular flexibility index (Phi) is 4.00. The molecule has 5 rings (SSSR count). The van der Waals surface area contributed by atoms with Crippen molar-refractivity contribution in [3.8, 4) is 22.4 Å². The number of hydrogen-bond donors (Lipinski definition) is 4. The van der Waals surface area contributed by atoms with Crippen molar-refractivity contribution in [1.29, 1.82) is 0 Å². The lowest BCUT2D eigenvalue weighted by Crippen LogP contribution is -2.00. The molecule has 0 radical (unpaired) electrons. The van der Waals surface area contributed by atoms with E-state index in [1.54, 1.807) is 6.07 Å². The van der Waals surface area contributed by atoms with Crippen LogP contribution >= 0.6 is 11.6 Å². The minimum absolute atomic E-state index is 0.153. The van der Waals surface area contributed by atoms with E-state index in [9.17, 15) is 9.90 Å². The fraction of sp³-hybridized carbons (Fsp3) is 0.0870. The number of carboxylic acids is 1. The third-order valence-electron chi connectivity index (χ3n) is 5.47. The maximum Gasteiger partial charge on any atom is 0.352 e. The maximum absolute atomic E-state index is 12.2. The first kappa shape index (κ1) is 17.6. The minimum Gasteiger partial charge on any atom is -0.477 e. The molecule has 0 aliphatic rings. The summed E-state index contributed by atoms with van der Waals surface area (Å²) in [6.45, 7) is 2.03. The van der Waals surface area contributed by atoms with Gasteiger partial charge in [-0.15, -0.1) is 0 Å². The zero-order valence-electron chi connectivity index (χ0n) is 15.6. The first-order valence-corrected chi connectivity index (χ1v) is 9.78. The van der Waals surface area contributed by atoms with Gasteiger partial charge in [0.2, 0.25) is 0 Å². The molecule has 0 fully saturated rings. The number of halogens is 1. The van der Waals surface area contributed by atoms with Gasteiger partial charge in [-0.25, -0.2) is 4.79 Å².